The predicted octanol–water partition coefficient (Wildman–Crippen LogP) is 5.05. The van der Waals surface area contributed by atoms with Crippen LogP contribution in [0.3, 0.4) is 0 Å². The summed E-state index contributed by atoms with van der Waals surface area (Å²) >= 11 is 0. The molecule has 0 radical (unpaired) electrons. The Balaban J connectivity index is 4.54. The summed E-state index contributed by atoms with van der Waals surface area (Å²) in [6.07, 6.45) is 8.53. The first-order chi connectivity index (χ1) is 6.46. The highest BCUT2D eigenvalue weighted by molar-refractivity contribution is 4.96. The molecule has 14 heavy (non-hydrogen) atoms. The summed E-state index contributed by atoms with van der Waals surface area (Å²) in [5.41, 5.74) is 0.432. The zero-order chi connectivity index (χ0) is 11.2. The molecule has 1 unspecified atom stereocenters. The second-order valence-corrected chi connectivity index (χ2v) is 5.21. The van der Waals surface area contributed by atoms with E-state index in [4.69, 9.17) is 0 Å². The summed E-state index contributed by atoms with van der Waals surface area (Å²) in [7, 11) is 0. The standard InChI is InChI=1S/C14H28/c1-7-9-11-13(10-8-2)14(5,6)12(3)4/h9,11-13H,7-8,10H2,1-6H3. The van der Waals surface area contributed by atoms with Crippen LogP contribution in [0.2, 0.25) is 0 Å². The van der Waals surface area contributed by atoms with Crippen molar-refractivity contribution in [2.24, 2.45) is 17.3 Å². The average Bonchev–Trinajstić information content (AvgIpc) is 2.11. The Morgan fingerprint density at radius 3 is 2.07 bits per heavy atom. The molecule has 0 rings (SSSR count). The Bertz CT molecular complexity index is 163. The van der Waals surface area contributed by atoms with Crippen molar-refractivity contribution < 1.29 is 0 Å². The molecular weight excluding hydrogens is 168 g/mol. The van der Waals surface area contributed by atoms with Gasteiger partial charge in [-0.25, -0.2) is 0 Å². The second kappa shape index (κ2) is 6.27. The van der Waals surface area contributed by atoms with Gasteiger partial charge in [0.05, 0.1) is 0 Å². The minimum atomic E-state index is 0.432. The highest BCUT2D eigenvalue weighted by atomic mass is 14.3. The van der Waals surface area contributed by atoms with Gasteiger partial charge < -0.3 is 0 Å². The zero-order valence-electron chi connectivity index (χ0n) is 10.9. The fourth-order valence-corrected chi connectivity index (χ4v) is 1.76. The molecule has 1 atom stereocenters. The van der Waals surface area contributed by atoms with E-state index in [-0.39, 0.29) is 0 Å². The van der Waals surface area contributed by atoms with Crippen LogP contribution in [0.15, 0.2) is 12.2 Å². The third-order valence-corrected chi connectivity index (χ3v) is 3.65. The molecule has 84 valence electrons. The lowest BCUT2D eigenvalue weighted by Crippen LogP contribution is -2.28. The average molecular weight is 196 g/mol. The van der Waals surface area contributed by atoms with Gasteiger partial charge in [-0.15, -0.1) is 0 Å². The number of hydrogen-bond donors (Lipinski definition) is 0. The van der Waals surface area contributed by atoms with Gasteiger partial charge in [0, 0.05) is 0 Å². The van der Waals surface area contributed by atoms with Crippen LogP contribution in [0.25, 0.3) is 0 Å². The fraction of sp³-hybridized carbons (Fsp3) is 0.857. The maximum Gasteiger partial charge on any atom is -0.0180 e. The Morgan fingerprint density at radius 2 is 1.71 bits per heavy atom. The van der Waals surface area contributed by atoms with E-state index < -0.39 is 0 Å². The number of rotatable bonds is 6. The highest BCUT2D eigenvalue weighted by Gasteiger charge is 2.29. The van der Waals surface area contributed by atoms with Crippen LogP contribution in [0.1, 0.15) is 60.8 Å². The van der Waals surface area contributed by atoms with E-state index in [0.29, 0.717) is 5.41 Å². The second-order valence-electron chi connectivity index (χ2n) is 5.21. The van der Waals surface area contributed by atoms with Crippen molar-refractivity contribution in [1.82, 2.24) is 0 Å². The summed E-state index contributed by atoms with van der Waals surface area (Å²) in [5.74, 6) is 1.49. The molecule has 0 aromatic rings. The largest absolute Gasteiger partial charge is 0.0885 e. The van der Waals surface area contributed by atoms with Gasteiger partial charge in [-0.2, -0.15) is 0 Å². The third kappa shape index (κ3) is 3.86. The quantitative estimate of drug-likeness (QED) is 0.521. The maximum absolute atomic E-state index is 2.43. The van der Waals surface area contributed by atoms with Gasteiger partial charge >= 0.3 is 0 Å². The molecule has 0 N–H and O–H groups in total. The first-order valence-corrected chi connectivity index (χ1v) is 6.13. The van der Waals surface area contributed by atoms with Crippen LogP contribution in [0, 0.1) is 17.3 Å². The van der Waals surface area contributed by atoms with Crippen LogP contribution in [0.5, 0.6) is 0 Å². The molecule has 0 nitrogen and oxygen atoms in total. The molecule has 0 bridgehead atoms. The monoisotopic (exact) mass is 196 g/mol. The molecule has 0 aliphatic carbocycles. The lowest BCUT2D eigenvalue weighted by atomic mass is 9.69. The fourth-order valence-electron chi connectivity index (χ4n) is 1.76. The molecule has 0 amide bonds. The third-order valence-electron chi connectivity index (χ3n) is 3.65. The molecule has 0 aromatic carbocycles. The van der Waals surface area contributed by atoms with Gasteiger partial charge in [0.1, 0.15) is 0 Å². The topological polar surface area (TPSA) is 0 Å². The van der Waals surface area contributed by atoms with Crippen LogP contribution < -0.4 is 0 Å². The first kappa shape index (κ1) is 13.7. The Morgan fingerprint density at radius 1 is 1.14 bits per heavy atom. The molecule has 0 heterocycles. The van der Waals surface area contributed by atoms with E-state index in [1.807, 2.05) is 0 Å². The molecular formula is C14H28. The van der Waals surface area contributed by atoms with Crippen molar-refractivity contribution in [2.75, 3.05) is 0 Å². The summed E-state index contributed by atoms with van der Waals surface area (Å²) in [6.45, 7) is 14.0. The van der Waals surface area contributed by atoms with Crippen molar-refractivity contribution in [2.45, 2.75) is 60.8 Å². The molecule has 0 aromatic heterocycles. The summed E-state index contributed by atoms with van der Waals surface area (Å²) in [6, 6.07) is 0. The molecule has 0 spiro atoms. The number of hydrogen-bond acceptors (Lipinski definition) is 0. The van der Waals surface area contributed by atoms with Gasteiger partial charge in [0.2, 0.25) is 0 Å². The minimum absolute atomic E-state index is 0.432. The normalized spacial score (nSPS) is 15.4. The van der Waals surface area contributed by atoms with Crippen LogP contribution in [-0.4, -0.2) is 0 Å². The maximum atomic E-state index is 2.43. The lowest BCUT2D eigenvalue weighted by Gasteiger charge is -2.36. The zero-order valence-corrected chi connectivity index (χ0v) is 10.9. The van der Waals surface area contributed by atoms with Crippen molar-refractivity contribution in [1.29, 1.82) is 0 Å². The Hall–Kier alpha value is -0.260. The first-order valence-electron chi connectivity index (χ1n) is 6.13. The van der Waals surface area contributed by atoms with Crippen LogP contribution in [-0.2, 0) is 0 Å². The lowest BCUT2D eigenvalue weighted by molar-refractivity contribution is 0.163. The van der Waals surface area contributed by atoms with Gasteiger partial charge in [-0.05, 0) is 30.1 Å². The van der Waals surface area contributed by atoms with E-state index in [2.05, 4.69) is 53.7 Å². The Labute approximate surface area is 90.8 Å². The summed E-state index contributed by atoms with van der Waals surface area (Å²) < 4.78 is 0. The summed E-state index contributed by atoms with van der Waals surface area (Å²) in [4.78, 5) is 0. The van der Waals surface area contributed by atoms with Crippen molar-refractivity contribution >= 4 is 0 Å². The minimum Gasteiger partial charge on any atom is -0.0885 e. The van der Waals surface area contributed by atoms with Gasteiger partial charge in [-0.3, -0.25) is 0 Å². The van der Waals surface area contributed by atoms with E-state index in [9.17, 15) is 0 Å². The van der Waals surface area contributed by atoms with E-state index >= 15 is 0 Å². The predicted molar refractivity (Wildman–Crippen MR) is 66.4 cm³/mol. The molecule has 0 saturated heterocycles. The molecule has 0 saturated carbocycles. The van der Waals surface area contributed by atoms with Gasteiger partial charge in [0.25, 0.3) is 0 Å². The van der Waals surface area contributed by atoms with Crippen molar-refractivity contribution in [3.63, 3.8) is 0 Å². The van der Waals surface area contributed by atoms with Crippen molar-refractivity contribution in [3.05, 3.63) is 12.2 Å². The summed E-state index contributed by atoms with van der Waals surface area (Å²) in [5, 5.41) is 0. The highest BCUT2D eigenvalue weighted by Crippen LogP contribution is 2.38. The molecule has 0 fully saturated rings. The van der Waals surface area contributed by atoms with E-state index in [1.165, 1.54) is 12.8 Å². The smallest absolute Gasteiger partial charge is 0.0180 e. The van der Waals surface area contributed by atoms with Crippen LogP contribution in [0.4, 0.5) is 0 Å². The van der Waals surface area contributed by atoms with Crippen molar-refractivity contribution in [3.8, 4) is 0 Å². The SMILES string of the molecule is CCC=CC(CCC)C(C)(C)C(C)C. The van der Waals surface area contributed by atoms with Gasteiger partial charge in [-0.1, -0.05) is 60.1 Å². The Kier molecular flexibility index (Phi) is 6.15. The number of allylic oxidation sites excluding steroid dienone is 2. The molecule has 0 heteroatoms. The van der Waals surface area contributed by atoms with E-state index in [0.717, 1.165) is 18.3 Å². The molecule has 0 aliphatic heterocycles. The van der Waals surface area contributed by atoms with Crippen LogP contribution >= 0.6 is 0 Å². The van der Waals surface area contributed by atoms with E-state index in [1.54, 1.807) is 0 Å². The molecule has 0 aliphatic rings. The van der Waals surface area contributed by atoms with Gasteiger partial charge in [0.15, 0.2) is 0 Å².